The summed E-state index contributed by atoms with van der Waals surface area (Å²) in [5.41, 5.74) is 0.270. The van der Waals surface area contributed by atoms with E-state index in [2.05, 4.69) is 4.72 Å². The molecule has 0 bridgehead atoms. The molecule has 0 spiro atoms. The molecule has 0 fully saturated rings. The first-order valence-electron chi connectivity index (χ1n) is 16.3. The quantitative estimate of drug-likeness (QED) is 0.306. The molecule has 3 aromatic carbocycles. The molecule has 3 aromatic rings. The zero-order chi connectivity index (χ0) is 35.8. The number of ether oxygens (including phenoxy) is 3. The number of hydrogen-bond acceptors (Lipinski definition) is 9. The maximum atomic E-state index is 14.4. The van der Waals surface area contributed by atoms with Crippen molar-refractivity contribution in [2.75, 3.05) is 45.2 Å². The van der Waals surface area contributed by atoms with Crippen molar-refractivity contribution >= 4 is 31.6 Å². The van der Waals surface area contributed by atoms with Crippen LogP contribution in [0.2, 0.25) is 0 Å². The van der Waals surface area contributed by atoms with Crippen LogP contribution < -0.4 is 14.2 Å². The lowest BCUT2D eigenvalue weighted by Crippen LogP contribution is -2.48. The third-order valence-electron chi connectivity index (χ3n) is 8.56. The summed E-state index contributed by atoms with van der Waals surface area (Å²) in [7, 11) is -4.83. The number of nitrogens with zero attached hydrogens (tertiary/aromatic N) is 2. The summed E-state index contributed by atoms with van der Waals surface area (Å²) in [6, 6.07) is 18.0. The molecule has 0 unspecified atom stereocenters. The van der Waals surface area contributed by atoms with E-state index in [4.69, 9.17) is 14.2 Å². The van der Waals surface area contributed by atoms with Gasteiger partial charge in [-0.05, 0) is 87.7 Å². The molecule has 2 N–H and O–H groups in total. The summed E-state index contributed by atoms with van der Waals surface area (Å²) in [5.74, 6) is -0.0608. The summed E-state index contributed by atoms with van der Waals surface area (Å²) in [6.07, 6.45) is 1.26. The number of benzene rings is 3. The first kappa shape index (κ1) is 38.1. The normalized spacial score (nSPS) is 20.5. The lowest BCUT2D eigenvalue weighted by atomic mass is 10.0. The Labute approximate surface area is 290 Å². The first-order chi connectivity index (χ1) is 23.3. The number of rotatable bonds is 10. The minimum absolute atomic E-state index is 0.0132. The lowest BCUT2D eigenvalue weighted by molar-refractivity contribution is -0.00833. The number of amides is 1. The SMILES string of the molecule is COc1ccc(S(=O)(=O)Nc2ccc3c(c2)C(=O)N([C@@H](C)CO)C[C@@H](C)[C@@H](CN(C)S(=O)(=O)c2ccccc2)OCCCC[C@@H](C)O3)cc1. The molecule has 0 saturated heterocycles. The maximum Gasteiger partial charge on any atom is 0.261 e. The second kappa shape index (κ2) is 16.8. The number of carbonyl (C=O) groups is 1. The van der Waals surface area contributed by atoms with E-state index in [1.54, 1.807) is 49.4 Å². The number of fused-ring (bicyclic) bond motifs is 1. The Kier molecular flexibility index (Phi) is 13.1. The Bertz CT molecular complexity index is 1750. The van der Waals surface area contributed by atoms with Crippen LogP contribution in [-0.4, -0.2) is 95.8 Å². The van der Waals surface area contributed by atoms with E-state index < -0.39 is 38.1 Å². The van der Waals surface area contributed by atoms with Gasteiger partial charge < -0.3 is 24.2 Å². The number of anilines is 1. The fourth-order valence-electron chi connectivity index (χ4n) is 5.54. The second-order valence-corrected chi connectivity index (χ2v) is 16.1. The van der Waals surface area contributed by atoms with Crippen LogP contribution in [0, 0.1) is 5.92 Å². The maximum absolute atomic E-state index is 14.4. The number of carbonyl (C=O) groups excluding carboxylic acids is 1. The fraction of sp³-hybridized carbons (Fsp3) is 0.457. The van der Waals surface area contributed by atoms with Crippen molar-refractivity contribution in [3.8, 4) is 11.5 Å². The molecule has 0 saturated carbocycles. The third kappa shape index (κ3) is 9.73. The van der Waals surface area contributed by atoms with Crippen LogP contribution in [0.15, 0.2) is 82.6 Å². The smallest absolute Gasteiger partial charge is 0.261 e. The van der Waals surface area contributed by atoms with Gasteiger partial charge in [0.2, 0.25) is 10.0 Å². The number of hydrogen-bond donors (Lipinski definition) is 2. The molecule has 4 rings (SSSR count). The van der Waals surface area contributed by atoms with Gasteiger partial charge in [-0.1, -0.05) is 25.1 Å². The standard InChI is InChI=1S/C35H47N3O9S2/c1-25-22-38(26(2)24-39)35(40)32-21-28(36-48(41,42)30-17-15-29(45-5)16-18-30)14-19-33(32)47-27(3)11-9-10-20-46-34(25)23-37(4)49(43,44)31-12-7-6-8-13-31/h6-8,12-19,21,25-27,34,36,39H,9-11,20,22-24H2,1-5H3/t25-,26+,27-,34-/m1/s1. The molecule has 1 heterocycles. The van der Waals surface area contributed by atoms with Gasteiger partial charge in [0.1, 0.15) is 11.5 Å². The Morgan fingerprint density at radius 2 is 1.69 bits per heavy atom. The highest BCUT2D eigenvalue weighted by molar-refractivity contribution is 7.92. The van der Waals surface area contributed by atoms with Crippen LogP contribution in [0.5, 0.6) is 11.5 Å². The van der Waals surface area contributed by atoms with E-state index in [0.29, 0.717) is 25.2 Å². The predicted octanol–water partition coefficient (Wildman–Crippen LogP) is 4.61. The zero-order valence-corrected chi connectivity index (χ0v) is 30.2. The van der Waals surface area contributed by atoms with Crippen molar-refractivity contribution < 1.29 is 40.9 Å². The lowest BCUT2D eigenvalue weighted by Gasteiger charge is -2.35. The Balaban J connectivity index is 1.67. The highest BCUT2D eigenvalue weighted by Gasteiger charge is 2.32. The van der Waals surface area contributed by atoms with Crippen molar-refractivity contribution in [1.29, 1.82) is 0 Å². The molecule has 0 radical (unpaired) electrons. The summed E-state index contributed by atoms with van der Waals surface area (Å²) in [4.78, 5) is 16.1. The molecule has 1 amide bonds. The number of nitrogens with one attached hydrogen (secondary N) is 1. The predicted molar refractivity (Wildman–Crippen MR) is 187 cm³/mol. The molecule has 268 valence electrons. The van der Waals surface area contributed by atoms with E-state index in [1.165, 1.54) is 53.7 Å². The van der Waals surface area contributed by atoms with E-state index in [0.717, 1.165) is 6.42 Å². The van der Waals surface area contributed by atoms with Crippen LogP contribution in [0.3, 0.4) is 0 Å². The van der Waals surface area contributed by atoms with Gasteiger partial charge in [-0.3, -0.25) is 9.52 Å². The number of aliphatic hydroxyl groups excluding tert-OH is 1. The van der Waals surface area contributed by atoms with Crippen molar-refractivity contribution in [2.45, 2.75) is 68.1 Å². The van der Waals surface area contributed by atoms with Crippen LogP contribution in [0.25, 0.3) is 0 Å². The van der Waals surface area contributed by atoms with Gasteiger partial charge in [-0.15, -0.1) is 0 Å². The van der Waals surface area contributed by atoms with E-state index in [9.17, 15) is 26.7 Å². The Morgan fingerprint density at radius 1 is 1.00 bits per heavy atom. The van der Waals surface area contributed by atoms with Crippen LogP contribution in [-0.2, 0) is 24.8 Å². The van der Waals surface area contributed by atoms with Crippen LogP contribution in [0.1, 0.15) is 50.4 Å². The van der Waals surface area contributed by atoms with E-state index in [1.807, 2.05) is 13.8 Å². The molecular weight excluding hydrogens is 671 g/mol. The summed E-state index contributed by atoms with van der Waals surface area (Å²) >= 11 is 0. The van der Waals surface area contributed by atoms with Gasteiger partial charge in [-0.2, -0.15) is 4.31 Å². The summed E-state index contributed by atoms with van der Waals surface area (Å²) in [6.45, 7) is 5.67. The van der Waals surface area contributed by atoms with Crippen molar-refractivity contribution in [1.82, 2.24) is 9.21 Å². The molecule has 49 heavy (non-hydrogen) atoms. The first-order valence-corrected chi connectivity index (χ1v) is 19.2. The van der Waals surface area contributed by atoms with E-state index in [-0.39, 0.29) is 58.5 Å². The van der Waals surface area contributed by atoms with Gasteiger partial charge in [-0.25, -0.2) is 16.8 Å². The monoisotopic (exact) mass is 717 g/mol. The van der Waals surface area contributed by atoms with Crippen LogP contribution >= 0.6 is 0 Å². The summed E-state index contributed by atoms with van der Waals surface area (Å²) in [5, 5.41) is 10.2. The number of sulfonamides is 2. The highest BCUT2D eigenvalue weighted by atomic mass is 32.2. The fourth-order valence-corrected chi connectivity index (χ4v) is 7.80. The molecule has 4 atom stereocenters. The van der Waals surface area contributed by atoms with E-state index >= 15 is 0 Å². The summed E-state index contributed by atoms with van der Waals surface area (Å²) < 4.78 is 74.7. The molecule has 12 nitrogen and oxygen atoms in total. The third-order valence-corrected chi connectivity index (χ3v) is 11.8. The van der Waals surface area contributed by atoms with Gasteiger partial charge in [0.25, 0.3) is 15.9 Å². The van der Waals surface area contributed by atoms with Gasteiger partial charge in [0, 0.05) is 38.3 Å². The second-order valence-electron chi connectivity index (χ2n) is 12.4. The minimum atomic E-state index is -4.02. The number of methoxy groups -OCH3 is 1. The zero-order valence-electron chi connectivity index (χ0n) is 28.6. The van der Waals surface area contributed by atoms with Gasteiger partial charge >= 0.3 is 0 Å². The average Bonchev–Trinajstić information content (AvgIpc) is 3.09. The minimum Gasteiger partial charge on any atom is -0.497 e. The highest BCUT2D eigenvalue weighted by Crippen LogP contribution is 2.30. The largest absolute Gasteiger partial charge is 0.497 e. The number of aliphatic hydroxyl groups is 1. The van der Waals surface area contributed by atoms with Gasteiger partial charge in [0.05, 0.1) is 47.3 Å². The average molecular weight is 718 g/mol. The van der Waals surface area contributed by atoms with Crippen molar-refractivity contribution in [3.63, 3.8) is 0 Å². The topological polar surface area (TPSA) is 152 Å². The van der Waals surface area contributed by atoms with Crippen molar-refractivity contribution in [2.24, 2.45) is 5.92 Å². The molecule has 0 aliphatic carbocycles. The van der Waals surface area contributed by atoms with Crippen molar-refractivity contribution in [3.05, 3.63) is 78.4 Å². The molecule has 0 aromatic heterocycles. The molecule has 14 heteroatoms. The van der Waals surface area contributed by atoms with Gasteiger partial charge in [0.15, 0.2) is 0 Å². The molecule has 1 aliphatic heterocycles. The number of likely N-dealkylation sites (N-methyl/N-ethyl adjacent to an activating group) is 1. The molecular formula is C35H47N3O9S2. The van der Waals surface area contributed by atoms with Crippen LogP contribution in [0.4, 0.5) is 5.69 Å². The molecule has 1 aliphatic rings. The Hall–Kier alpha value is -3.69. The Morgan fingerprint density at radius 3 is 2.35 bits per heavy atom.